The molecule has 23 heavy (non-hydrogen) atoms. The van der Waals surface area contributed by atoms with Crippen LogP contribution in [0.25, 0.3) is 17.3 Å². The maximum Gasteiger partial charge on any atom is 0.223 e. The van der Waals surface area contributed by atoms with Crippen molar-refractivity contribution in [1.29, 1.82) is 0 Å². The van der Waals surface area contributed by atoms with Crippen LogP contribution >= 0.6 is 0 Å². The summed E-state index contributed by atoms with van der Waals surface area (Å²) >= 11 is 0. The van der Waals surface area contributed by atoms with Gasteiger partial charge in [-0.3, -0.25) is 9.56 Å². The van der Waals surface area contributed by atoms with E-state index in [4.69, 9.17) is 0 Å². The molecule has 112 valence electrons. The van der Waals surface area contributed by atoms with E-state index in [1.54, 1.807) is 10.8 Å². The van der Waals surface area contributed by atoms with E-state index in [1.165, 1.54) is 0 Å². The molecule has 0 bridgehead atoms. The van der Waals surface area contributed by atoms with Gasteiger partial charge < -0.3 is 5.11 Å². The van der Waals surface area contributed by atoms with Crippen molar-refractivity contribution < 1.29 is 5.11 Å². The zero-order valence-electron chi connectivity index (χ0n) is 12.6. The Balaban J connectivity index is 1.81. The highest BCUT2D eigenvalue weighted by Crippen LogP contribution is 2.34. The lowest BCUT2D eigenvalue weighted by molar-refractivity contribution is 0.440. The second-order valence-electron chi connectivity index (χ2n) is 5.41. The second kappa shape index (κ2) is 5.25. The summed E-state index contributed by atoms with van der Waals surface area (Å²) in [6, 6.07) is 17.6. The number of para-hydroxylation sites is 2. The van der Waals surface area contributed by atoms with Gasteiger partial charge in [0.15, 0.2) is 0 Å². The highest BCUT2D eigenvalue weighted by Gasteiger charge is 2.16. The summed E-state index contributed by atoms with van der Waals surface area (Å²) in [5.74, 6) is 0.878. The number of nitrogens with zero attached hydrogens (tertiary/aromatic N) is 3. The number of aliphatic imine (C=N–C) groups is 1. The first kappa shape index (κ1) is 13.5. The highest BCUT2D eigenvalue weighted by molar-refractivity contribution is 6.21. The van der Waals surface area contributed by atoms with Crippen molar-refractivity contribution in [2.75, 3.05) is 0 Å². The summed E-state index contributed by atoms with van der Waals surface area (Å²) in [5, 5.41) is 10.6. The summed E-state index contributed by atoms with van der Waals surface area (Å²) in [5.41, 5.74) is 4.38. The Morgan fingerprint density at radius 3 is 2.57 bits per heavy atom. The molecule has 0 fully saturated rings. The minimum absolute atomic E-state index is 0.138. The van der Waals surface area contributed by atoms with Gasteiger partial charge in [-0.05, 0) is 31.2 Å². The molecule has 1 aliphatic heterocycles. The van der Waals surface area contributed by atoms with Gasteiger partial charge in [-0.1, -0.05) is 36.4 Å². The first-order valence-corrected chi connectivity index (χ1v) is 7.43. The number of imidazole rings is 1. The fourth-order valence-corrected chi connectivity index (χ4v) is 2.83. The summed E-state index contributed by atoms with van der Waals surface area (Å²) in [6.45, 7) is 1.88. The summed E-state index contributed by atoms with van der Waals surface area (Å²) in [7, 11) is 0. The standard InChI is InChI=1S/C19H15N3O/c1-13-21-18(19(23)22(13)15-7-3-2-4-8-15)11-14-12-20-17-10-6-5-9-16(14)17/h2-12,23H,1H3/b14-11+. The Hall–Kier alpha value is -3.14. The molecule has 0 saturated carbocycles. The molecule has 4 rings (SSSR count). The number of fused-ring (bicyclic) bond motifs is 1. The molecule has 4 heteroatoms. The highest BCUT2D eigenvalue weighted by atomic mass is 16.3. The molecule has 0 radical (unpaired) electrons. The van der Waals surface area contributed by atoms with Crippen LogP contribution in [0.2, 0.25) is 0 Å². The van der Waals surface area contributed by atoms with E-state index < -0.39 is 0 Å². The van der Waals surface area contributed by atoms with E-state index in [1.807, 2.05) is 67.6 Å². The molecule has 2 heterocycles. The van der Waals surface area contributed by atoms with Gasteiger partial charge in [0, 0.05) is 17.4 Å². The number of allylic oxidation sites excluding steroid dienone is 1. The Morgan fingerprint density at radius 1 is 1.00 bits per heavy atom. The van der Waals surface area contributed by atoms with Crippen molar-refractivity contribution in [2.45, 2.75) is 6.92 Å². The van der Waals surface area contributed by atoms with Crippen LogP contribution in [-0.2, 0) is 0 Å². The number of benzene rings is 2. The van der Waals surface area contributed by atoms with Crippen LogP contribution in [0.15, 0.2) is 59.6 Å². The van der Waals surface area contributed by atoms with Crippen molar-refractivity contribution in [1.82, 2.24) is 9.55 Å². The molecule has 2 aromatic carbocycles. The Kier molecular flexibility index (Phi) is 3.08. The number of rotatable bonds is 2. The lowest BCUT2D eigenvalue weighted by atomic mass is 10.1. The molecule has 0 aliphatic carbocycles. The maximum atomic E-state index is 10.6. The average Bonchev–Trinajstić information content (AvgIpc) is 3.10. The van der Waals surface area contributed by atoms with Gasteiger partial charge in [0.25, 0.3) is 0 Å². The third kappa shape index (κ3) is 2.25. The van der Waals surface area contributed by atoms with Gasteiger partial charge in [0.05, 0.1) is 11.4 Å². The van der Waals surface area contributed by atoms with E-state index in [0.717, 1.165) is 28.3 Å². The van der Waals surface area contributed by atoms with E-state index in [0.29, 0.717) is 5.69 Å². The lowest BCUT2D eigenvalue weighted by Gasteiger charge is -2.05. The molecule has 4 nitrogen and oxygen atoms in total. The molecule has 1 aromatic heterocycles. The monoisotopic (exact) mass is 301 g/mol. The van der Waals surface area contributed by atoms with Crippen LogP contribution in [0.4, 0.5) is 5.69 Å². The Bertz CT molecular complexity index is 937. The van der Waals surface area contributed by atoms with Gasteiger partial charge in [0.2, 0.25) is 5.88 Å². The van der Waals surface area contributed by atoms with Crippen LogP contribution < -0.4 is 0 Å². The zero-order chi connectivity index (χ0) is 15.8. The molecular weight excluding hydrogens is 286 g/mol. The van der Waals surface area contributed by atoms with Crippen molar-refractivity contribution in [2.24, 2.45) is 4.99 Å². The van der Waals surface area contributed by atoms with Crippen molar-refractivity contribution in [3.63, 3.8) is 0 Å². The van der Waals surface area contributed by atoms with E-state index >= 15 is 0 Å². The fraction of sp³-hybridized carbons (Fsp3) is 0.0526. The summed E-state index contributed by atoms with van der Waals surface area (Å²) in [6.07, 6.45) is 3.68. The van der Waals surface area contributed by atoms with Gasteiger partial charge in [0.1, 0.15) is 11.5 Å². The number of aromatic nitrogens is 2. The quantitative estimate of drug-likeness (QED) is 0.773. The molecular formula is C19H15N3O. The smallest absolute Gasteiger partial charge is 0.223 e. The molecule has 3 aromatic rings. The largest absolute Gasteiger partial charge is 0.493 e. The average molecular weight is 301 g/mol. The summed E-state index contributed by atoms with van der Waals surface area (Å²) in [4.78, 5) is 8.88. The van der Waals surface area contributed by atoms with Gasteiger partial charge >= 0.3 is 0 Å². The molecule has 0 amide bonds. The van der Waals surface area contributed by atoms with E-state index in [-0.39, 0.29) is 5.88 Å². The molecule has 0 atom stereocenters. The number of hydrogen-bond donors (Lipinski definition) is 1. The maximum absolute atomic E-state index is 10.6. The van der Waals surface area contributed by atoms with Crippen molar-refractivity contribution in [3.8, 4) is 11.6 Å². The third-order valence-electron chi connectivity index (χ3n) is 3.91. The first-order chi connectivity index (χ1) is 11.2. The predicted octanol–water partition coefficient (Wildman–Crippen LogP) is 4.14. The van der Waals surface area contributed by atoms with Crippen LogP contribution in [0, 0.1) is 6.92 Å². The second-order valence-corrected chi connectivity index (χ2v) is 5.41. The van der Waals surface area contributed by atoms with Crippen LogP contribution in [0.5, 0.6) is 5.88 Å². The molecule has 1 aliphatic rings. The minimum atomic E-state index is 0.138. The minimum Gasteiger partial charge on any atom is -0.493 e. The predicted molar refractivity (Wildman–Crippen MR) is 92.4 cm³/mol. The normalized spacial score (nSPS) is 14.4. The molecule has 0 unspecified atom stereocenters. The Labute approximate surface area is 134 Å². The van der Waals surface area contributed by atoms with Crippen molar-refractivity contribution >= 4 is 23.6 Å². The third-order valence-corrected chi connectivity index (χ3v) is 3.91. The lowest BCUT2D eigenvalue weighted by Crippen LogP contribution is -1.95. The van der Waals surface area contributed by atoms with Gasteiger partial charge in [-0.15, -0.1) is 0 Å². The molecule has 1 N–H and O–H groups in total. The zero-order valence-corrected chi connectivity index (χ0v) is 12.6. The first-order valence-electron chi connectivity index (χ1n) is 7.43. The van der Waals surface area contributed by atoms with Crippen LogP contribution in [0.1, 0.15) is 17.1 Å². The molecule has 0 saturated heterocycles. The van der Waals surface area contributed by atoms with E-state index in [2.05, 4.69) is 9.98 Å². The topological polar surface area (TPSA) is 50.4 Å². The fourth-order valence-electron chi connectivity index (χ4n) is 2.83. The van der Waals surface area contributed by atoms with Gasteiger partial charge in [-0.25, -0.2) is 4.98 Å². The van der Waals surface area contributed by atoms with Gasteiger partial charge in [-0.2, -0.15) is 0 Å². The Morgan fingerprint density at radius 2 is 1.74 bits per heavy atom. The number of aryl methyl sites for hydroxylation is 1. The van der Waals surface area contributed by atoms with Crippen LogP contribution in [-0.4, -0.2) is 20.9 Å². The van der Waals surface area contributed by atoms with Crippen molar-refractivity contribution in [3.05, 3.63) is 71.7 Å². The van der Waals surface area contributed by atoms with E-state index in [9.17, 15) is 5.11 Å². The van der Waals surface area contributed by atoms with Crippen LogP contribution in [0.3, 0.4) is 0 Å². The SMILES string of the molecule is Cc1nc(/C=C2\C=Nc3ccccc32)c(O)n1-c1ccccc1. The summed E-state index contributed by atoms with van der Waals surface area (Å²) < 4.78 is 1.74. The molecule has 0 spiro atoms. The number of aromatic hydroxyl groups is 1. The number of hydrogen-bond acceptors (Lipinski definition) is 3.